The molecule has 10 heteroatoms. The maximum Gasteiger partial charge on any atom is 0.430 e. The molecule has 0 spiro atoms. The molecule has 2 aliphatic heterocycles. The topological polar surface area (TPSA) is 98.8 Å². The van der Waals surface area contributed by atoms with E-state index >= 15 is 0 Å². The molecule has 0 aromatic heterocycles. The van der Waals surface area contributed by atoms with Gasteiger partial charge in [-0.25, -0.2) is 0 Å². The standard InChI is InChI=1S/C23H32N2O3.C2HF3O2/c1-17(2)14-18(15-21(26)22-16-24-11-5-13-28-22)8-9-23(27)25-12-10-19-6-3-4-7-20(19)25;3-2(4,5)1(6)7/h3-4,6-9,17-18,22,24H,5,10-16H2,1-2H3;(H,6,7)/p-1/b9-8+;/t18-,22+;/m1./s1. The Kier molecular flexibility index (Phi) is 10.9. The van der Waals surface area contributed by atoms with Gasteiger partial charge in [-0.2, -0.15) is 13.2 Å². The molecule has 1 aromatic rings. The zero-order chi connectivity index (χ0) is 26.0. The van der Waals surface area contributed by atoms with Crippen molar-refractivity contribution in [2.45, 2.75) is 51.8 Å². The number of carboxylic acid groups (broad SMARTS) is 1. The summed E-state index contributed by atoms with van der Waals surface area (Å²) in [6.07, 6.45) is 1.17. The minimum atomic E-state index is -5.19. The molecule has 2 heterocycles. The SMILES string of the molecule is CC(C)C[C@@H](/C=C/C(=O)N1CCc2ccccc21)CC(=O)[C@@H]1CNCCCO1.O=C([O-])C(F)(F)F. The average molecular weight is 498 g/mol. The molecule has 2 atom stereocenters. The Morgan fingerprint density at radius 2 is 1.94 bits per heavy atom. The number of anilines is 1. The summed E-state index contributed by atoms with van der Waals surface area (Å²) in [7, 11) is 0. The van der Waals surface area contributed by atoms with Crippen LogP contribution in [-0.4, -0.2) is 56.2 Å². The number of fused-ring (bicyclic) bond motifs is 1. The average Bonchev–Trinajstić information content (AvgIpc) is 3.02. The highest BCUT2D eigenvalue weighted by atomic mass is 19.4. The first-order valence-electron chi connectivity index (χ1n) is 11.7. The minimum Gasteiger partial charge on any atom is -0.542 e. The van der Waals surface area contributed by atoms with Gasteiger partial charge in [0.2, 0.25) is 0 Å². The number of ketones is 1. The van der Waals surface area contributed by atoms with Gasteiger partial charge in [-0.3, -0.25) is 9.59 Å². The predicted octanol–water partition coefficient (Wildman–Crippen LogP) is 2.43. The van der Waals surface area contributed by atoms with Crippen molar-refractivity contribution >= 4 is 23.3 Å². The van der Waals surface area contributed by atoms with Crippen molar-refractivity contribution in [1.82, 2.24) is 5.32 Å². The van der Waals surface area contributed by atoms with Gasteiger partial charge in [0.15, 0.2) is 5.78 Å². The highest BCUT2D eigenvalue weighted by molar-refractivity contribution is 6.02. The molecule has 1 N–H and O–H groups in total. The van der Waals surface area contributed by atoms with Gasteiger partial charge in [-0.05, 0) is 55.3 Å². The largest absolute Gasteiger partial charge is 0.542 e. The lowest BCUT2D eigenvalue weighted by Crippen LogP contribution is -2.37. The van der Waals surface area contributed by atoms with Gasteiger partial charge in [0, 0.05) is 31.8 Å². The van der Waals surface area contributed by atoms with Crippen LogP contribution in [0, 0.1) is 11.8 Å². The number of carbonyl (C=O) groups is 3. The number of carboxylic acids is 1. The summed E-state index contributed by atoms with van der Waals surface area (Å²) in [6, 6.07) is 8.06. The van der Waals surface area contributed by atoms with E-state index < -0.39 is 12.1 Å². The Balaban J connectivity index is 0.000000540. The van der Waals surface area contributed by atoms with Gasteiger partial charge < -0.3 is 24.9 Å². The second kappa shape index (κ2) is 13.4. The number of allylic oxidation sites excluding steroid dienone is 1. The third-order valence-electron chi connectivity index (χ3n) is 5.64. The van der Waals surface area contributed by atoms with Crippen molar-refractivity contribution in [3.05, 3.63) is 42.0 Å². The number of hydrogen-bond donors (Lipinski definition) is 1. The Morgan fingerprint density at radius 1 is 1.26 bits per heavy atom. The number of halogens is 3. The van der Waals surface area contributed by atoms with E-state index in [0.29, 0.717) is 25.5 Å². The van der Waals surface area contributed by atoms with E-state index in [4.69, 9.17) is 14.6 Å². The summed E-state index contributed by atoms with van der Waals surface area (Å²) in [5, 5.41) is 12.0. The smallest absolute Gasteiger partial charge is 0.430 e. The molecule has 0 radical (unpaired) electrons. The Morgan fingerprint density at radius 3 is 2.60 bits per heavy atom. The lowest BCUT2D eigenvalue weighted by molar-refractivity contribution is -0.344. The van der Waals surface area contributed by atoms with Crippen LogP contribution in [0.25, 0.3) is 0 Å². The number of para-hydroxylation sites is 1. The number of amides is 1. The molecule has 1 fully saturated rings. The Labute approximate surface area is 203 Å². The summed E-state index contributed by atoms with van der Waals surface area (Å²) in [6.45, 7) is 7.12. The van der Waals surface area contributed by atoms with Crippen LogP contribution in [-0.2, 0) is 25.5 Å². The normalized spacial score (nSPS) is 19.0. The van der Waals surface area contributed by atoms with Crippen LogP contribution in [0.3, 0.4) is 0 Å². The molecule has 3 rings (SSSR count). The second-order valence-electron chi connectivity index (χ2n) is 8.99. The van der Waals surface area contributed by atoms with Crippen LogP contribution in [0.4, 0.5) is 18.9 Å². The van der Waals surface area contributed by atoms with Crippen molar-refractivity contribution in [2.24, 2.45) is 11.8 Å². The number of Topliss-reactive ketones (excluding diaryl/α,β-unsaturated/α-hetero) is 1. The van der Waals surface area contributed by atoms with Gasteiger partial charge >= 0.3 is 6.18 Å². The number of aliphatic carboxylic acids is 1. The van der Waals surface area contributed by atoms with Crippen molar-refractivity contribution in [2.75, 3.05) is 31.1 Å². The Bertz CT molecular complexity index is 893. The molecule has 2 aliphatic rings. The molecular weight excluding hydrogens is 465 g/mol. The van der Waals surface area contributed by atoms with Gasteiger partial charge in [0.05, 0.1) is 0 Å². The summed E-state index contributed by atoms with van der Waals surface area (Å²) < 4.78 is 37.3. The Hall–Kier alpha value is -2.72. The number of hydrogen-bond acceptors (Lipinski definition) is 6. The molecule has 1 amide bonds. The highest BCUT2D eigenvalue weighted by Gasteiger charge is 2.29. The van der Waals surface area contributed by atoms with E-state index in [0.717, 1.165) is 38.0 Å². The monoisotopic (exact) mass is 497 g/mol. The first-order valence-corrected chi connectivity index (χ1v) is 11.7. The van der Waals surface area contributed by atoms with Gasteiger partial charge in [0.1, 0.15) is 12.1 Å². The fraction of sp³-hybridized carbons (Fsp3) is 0.560. The molecule has 1 aromatic carbocycles. The molecule has 0 aliphatic carbocycles. The first-order chi connectivity index (χ1) is 16.5. The fourth-order valence-corrected chi connectivity index (χ4v) is 4.02. The number of rotatable bonds is 7. The molecular formula is C25H32F3N2O5-. The second-order valence-corrected chi connectivity index (χ2v) is 8.99. The quantitative estimate of drug-likeness (QED) is 0.581. The predicted molar refractivity (Wildman–Crippen MR) is 122 cm³/mol. The van der Waals surface area contributed by atoms with Crippen LogP contribution < -0.4 is 15.3 Å². The van der Waals surface area contributed by atoms with Gasteiger partial charge in [-0.1, -0.05) is 38.1 Å². The van der Waals surface area contributed by atoms with Gasteiger partial charge in [0.25, 0.3) is 5.91 Å². The van der Waals surface area contributed by atoms with E-state index in [1.807, 2.05) is 29.2 Å². The van der Waals surface area contributed by atoms with Crippen LogP contribution >= 0.6 is 0 Å². The molecule has 0 saturated carbocycles. The minimum absolute atomic E-state index is 0.00135. The first kappa shape index (κ1) is 28.5. The molecule has 0 unspecified atom stereocenters. The zero-order valence-electron chi connectivity index (χ0n) is 20.0. The van der Waals surface area contributed by atoms with Crippen LogP contribution in [0.1, 0.15) is 38.7 Å². The van der Waals surface area contributed by atoms with Crippen molar-refractivity contribution in [3.8, 4) is 0 Å². The van der Waals surface area contributed by atoms with Gasteiger partial charge in [-0.15, -0.1) is 0 Å². The van der Waals surface area contributed by atoms with E-state index in [2.05, 4.69) is 25.2 Å². The highest BCUT2D eigenvalue weighted by Crippen LogP contribution is 2.28. The molecule has 0 bridgehead atoms. The summed E-state index contributed by atoms with van der Waals surface area (Å²) >= 11 is 0. The number of nitrogens with one attached hydrogen (secondary N) is 1. The molecule has 1 saturated heterocycles. The molecule has 35 heavy (non-hydrogen) atoms. The van der Waals surface area contributed by atoms with E-state index in [1.54, 1.807) is 6.08 Å². The van der Waals surface area contributed by atoms with Crippen molar-refractivity contribution in [1.29, 1.82) is 0 Å². The van der Waals surface area contributed by atoms with Crippen LogP contribution in [0.15, 0.2) is 36.4 Å². The number of ether oxygens (including phenoxy) is 1. The number of nitrogens with zero attached hydrogens (tertiary/aromatic N) is 1. The maximum absolute atomic E-state index is 12.8. The lowest BCUT2D eigenvalue weighted by Gasteiger charge is -2.19. The fourth-order valence-electron chi connectivity index (χ4n) is 4.02. The van der Waals surface area contributed by atoms with E-state index in [1.165, 1.54) is 5.56 Å². The van der Waals surface area contributed by atoms with Crippen molar-refractivity contribution in [3.63, 3.8) is 0 Å². The zero-order valence-corrected chi connectivity index (χ0v) is 20.0. The summed E-state index contributed by atoms with van der Waals surface area (Å²) in [4.78, 5) is 36.1. The van der Waals surface area contributed by atoms with Crippen LogP contribution in [0.5, 0.6) is 0 Å². The van der Waals surface area contributed by atoms with E-state index in [9.17, 15) is 22.8 Å². The third-order valence-corrected chi connectivity index (χ3v) is 5.64. The summed E-state index contributed by atoms with van der Waals surface area (Å²) in [5.41, 5.74) is 2.22. The number of carbonyl (C=O) groups excluding carboxylic acids is 3. The summed E-state index contributed by atoms with van der Waals surface area (Å²) in [5.74, 6) is -2.37. The number of alkyl halides is 3. The molecule has 194 valence electrons. The maximum atomic E-state index is 12.8. The molecule has 7 nitrogen and oxygen atoms in total. The van der Waals surface area contributed by atoms with Crippen LogP contribution in [0.2, 0.25) is 0 Å². The van der Waals surface area contributed by atoms with Crippen molar-refractivity contribution < 1.29 is 37.4 Å². The number of benzene rings is 1. The third kappa shape index (κ3) is 9.45. The van der Waals surface area contributed by atoms with E-state index in [-0.39, 0.29) is 23.7 Å². The lowest BCUT2D eigenvalue weighted by atomic mass is 9.90.